The molecule has 8 heteroatoms. The fourth-order valence-corrected chi connectivity index (χ4v) is 5.35. The van der Waals surface area contributed by atoms with Crippen LogP contribution in [-0.4, -0.2) is 30.7 Å². The fourth-order valence-electron chi connectivity index (χ4n) is 3.85. The maximum Gasteiger partial charge on any atom is 0.263 e. The molecule has 0 saturated carbocycles. The van der Waals surface area contributed by atoms with Gasteiger partial charge in [0.1, 0.15) is 11.6 Å². The zero-order chi connectivity index (χ0) is 23.0. The molecule has 168 valence electrons. The monoisotopic (exact) mass is 453 g/mol. The highest BCUT2D eigenvalue weighted by atomic mass is 32.2. The molecule has 0 atom stereocenters. The smallest absolute Gasteiger partial charge is 0.263 e. The van der Waals surface area contributed by atoms with Crippen LogP contribution in [0.15, 0.2) is 42.5 Å². The lowest BCUT2D eigenvalue weighted by atomic mass is 10.0. The number of hydrogen-bond acceptors (Lipinski definition) is 5. The van der Waals surface area contributed by atoms with Crippen molar-refractivity contribution >= 4 is 21.6 Å². The van der Waals surface area contributed by atoms with Crippen LogP contribution in [-0.2, 0) is 26.1 Å². The van der Waals surface area contributed by atoms with Gasteiger partial charge in [-0.05, 0) is 49.1 Å². The number of rotatable bonds is 6. The molecule has 1 aromatic heterocycles. The number of amides is 1. The quantitative estimate of drug-likeness (QED) is 0.608. The van der Waals surface area contributed by atoms with Crippen LogP contribution in [0.5, 0.6) is 5.75 Å². The van der Waals surface area contributed by atoms with Crippen molar-refractivity contribution in [2.45, 2.75) is 45.1 Å². The van der Waals surface area contributed by atoms with Gasteiger partial charge in [-0.3, -0.25) is 4.79 Å². The number of hydrogen-bond donors (Lipinski definition) is 1. The second-order valence-corrected chi connectivity index (χ2v) is 10.6. The first-order valence-electron chi connectivity index (χ1n) is 10.5. The van der Waals surface area contributed by atoms with E-state index in [4.69, 9.17) is 4.74 Å². The number of fused-ring (bicyclic) bond motifs is 1. The average molecular weight is 454 g/mol. The predicted molar refractivity (Wildman–Crippen MR) is 124 cm³/mol. The van der Waals surface area contributed by atoms with Gasteiger partial charge in [0.2, 0.25) is 0 Å². The molecule has 1 amide bonds. The van der Waals surface area contributed by atoms with Crippen LogP contribution in [0, 0.1) is 13.8 Å². The highest BCUT2D eigenvalue weighted by Gasteiger charge is 2.33. The molecule has 0 bridgehead atoms. The average Bonchev–Trinajstić information content (AvgIpc) is 3.19. The minimum atomic E-state index is -3.26. The van der Waals surface area contributed by atoms with Gasteiger partial charge in [-0.25, -0.2) is 13.1 Å². The molecule has 1 aliphatic heterocycles. The van der Waals surface area contributed by atoms with Gasteiger partial charge in [0, 0.05) is 5.56 Å². The topological polar surface area (TPSA) is 90.3 Å². The van der Waals surface area contributed by atoms with Crippen molar-refractivity contribution in [1.82, 2.24) is 9.78 Å². The third kappa shape index (κ3) is 4.55. The molecule has 0 radical (unpaired) electrons. The molecule has 2 aromatic carbocycles. The van der Waals surface area contributed by atoms with E-state index in [1.165, 1.54) is 5.56 Å². The third-order valence-electron chi connectivity index (χ3n) is 5.54. The second kappa shape index (κ2) is 8.43. The van der Waals surface area contributed by atoms with E-state index >= 15 is 0 Å². The predicted octanol–water partition coefficient (Wildman–Crippen LogP) is 4.06. The summed E-state index contributed by atoms with van der Waals surface area (Å²) in [4.78, 5) is 12.7. The van der Waals surface area contributed by atoms with Crippen molar-refractivity contribution in [1.29, 1.82) is 0 Å². The van der Waals surface area contributed by atoms with E-state index in [1.807, 2.05) is 56.3 Å². The largest absolute Gasteiger partial charge is 0.484 e. The first kappa shape index (κ1) is 22.1. The molecule has 0 fully saturated rings. The Morgan fingerprint density at radius 1 is 1.12 bits per heavy atom. The first-order chi connectivity index (χ1) is 15.1. The van der Waals surface area contributed by atoms with Gasteiger partial charge in [-0.1, -0.05) is 43.7 Å². The lowest BCUT2D eigenvalue weighted by Gasteiger charge is -2.14. The number of aromatic nitrogens is 2. The van der Waals surface area contributed by atoms with E-state index < -0.39 is 9.84 Å². The Balaban J connectivity index is 1.57. The molecule has 32 heavy (non-hydrogen) atoms. The summed E-state index contributed by atoms with van der Waals surface area (Å²) in [6.45, 7) is 7.99. The van der Waals surface area contributed by atoms with E-state index in [-0.39, 0.29) is 24.0 Å². The van der Waals surface area contributed by atoms with E-state index in [0.717, 1.165) is 16.8 Å². The van der Waals surface area contributed by atoms with Crippen LogP contribution in [0.3, 0.4) is 0 Å². The van der Waals surface area contributed by atoms with Crippen LogP contribution < -0.4 is 10.1 Å². The molecule has 3 aromatic rings. The third-order valence-corrected chi connectivity index (χ3v) is 6.98. The number of aryl methyl sites for hydroxylation is 2. The molecule has 1 aliphatic rings. The maximum absolute atomic E-state index is 12.7. The van der Waals surface area contributed by atoms with Crippen LogP contribution in [0.2, 0.25) is 0 Å². The molecular formula is C24H27N3O4S. The van der Waals surface area contributed by atoms with E-state index in [9.17, 15) is 13.2 Å². The van der Waals surface area contributed by atoms with Crippen molar-refractivity contribution in [2.75, 3.05) is 11.9 Å². The Bertz CT molecular complexity index is 1280. The van der Waals surface area contributed by atoms with Gasteiger partial charge in [0.25, 0.3) is 5.91 Å². The van der Waals surface area contributed by atoms with Crippen molar-refractivity contribution in [3.8, 4) is 11.4 Å². The zero-order valence-electron chi connectivity index (χ0n) is 18.7. The van der Waals surface area contributed by atoms with Gasteiger partial charge in [0.05, 0.1) is 22.9 Å². The molecule has 0 aliphatic carbocycles. The molecule has 0 spiro atoms. The normalized spacial score (nSPS) is 14.4. The number of nitrogens with zero attached hydrogens (tertiary/aromatic N) is 2. The Hall–Kier alpha value is -3.13. The molecule has 0 saturated heterocycles. The van der Waals surface area contributed by atoms with E-state index in [0.29, 0.717) is 28.7 Å². The van der Waals surface area contributed by atoms with E-state index in [2.05, 4.69) is 24.3 Å². The van der Waals surface area contributed by atoms with Crippen LogP contribution in [0.1, 0.15) is 47.7 Å². The number of carbonyl (C=O) groups is 1. The van der Waals surface area contributed by atoms with Gasteiger partial charge >= 0.3 is 0 Å². The van der Waals surface area contributed by atoms with Crippen LogP contribution in [0.25, 0.3) is 5.69 Å². The Morgan fingerprint density at radius 2 is 1.84 bits per heavy atom. The van der Waals surface area contributed by atoms with Gasteiger partial charge < -0.3 is 10.1 Å². The minimum Gasteiger partial charge on any atom is -0.484 e. The first-order valence-corrected chi connectivity index (χ1v) is 12.4. The number of benzene rings is 2. The summed E-state index contributed by atoms with van der Waals surface area (Å²) in [5, 5.41) is 7.37. The molecule has 4 rings (SSSR count). The Morgan fingerprint density at radius 3 is 2.50 bits per heavy atom. The Labute approximate surface area is 188 Å². The molecule has 1 N–H and O–H groups in total. The lowest BCUT2D eigenvalue weighted by Crippen LogP contribution is -2.23. The molecule has 2 heterocycles. The van der Waals surface area contributed by atoms with Crippen molar-refractivity contribution in [3.05, 3.63) is 70.4 Å². The van der Waals surface area contributed by atoms with Gasteiger partial charge in [-0.2, -0.15) is 5.10 Å². The maximum atomic E-state index is 12.7. The summed E-state index contributed by atoms with van der Waals surface area (Å²) in [6, 6.07) is 13.5. The molecule has 0 unspecified atom stereocenters. The standard InChI is InChI=1S/C24H27N3O4S/c1-15(2)18-6-8-19(9-7-18)31-12-23(28)25-24-20-13-32(29,30)14-21(20)26-27(24)22-10-5-16(3)11-17(22)4/h5-11,15H,12-14H2,1-4H3,(H,25,28). The summed E-state index contributed by atoms with van der Waals surface area (Å²) < 4.78 is 31.6. The number of ether oxygens (including phenoxy) is 1. The number of nitrogens with one attached hydrogen (secondary N) is 1. The van der Waals surface area contributed by atoms with E-state index in [1.54, 1.807) is 4.68 Å². The van der Waals surface area contributed by atoms with Gasteiger partial charge in [0.15, 0.2) is 16.4 Å². The number of anilines is 1. The van der Waals surface area contributed by atoms with Crippen molar-refractivity contribution in [2.24, 2.45) is 0 Å². The van der Waals surface area contributed by atoms with Crippen molar-refractivity contribution < 1.29 is 17.9 Å². The summed E-state index contributed by atoms with van der Waals surface area (Å²) in [5.74, 6) is 0.756. The zero-order valence-corrected chi connectivity index (χ0v) is 19.5. The summed E-state index contributed by atoms with van der Waals surface area (Å²) in [5.41, 5.74) is 5.09. The molecular weight excluding hydrogens is 426 g/mol. The second-order valence-electron chi connectivity index (χ2n) is 8.57. The summed E-state index contributed by atoms with van der Waals surface area (Å²) in [7, 11) is -3.26. The molecule has 7 nitrogen and oxygen atoms in total. The highest BCUT2D eigenvalue weighted by Crippen LogP contribution is 2.33. The fraction of sp³-hybridized carbons (Fsp3) is 0.333. The van der Waals surface area contributed by atoms with Crippen LogP contribution >= 0.6 is 0 Å². The van der Waals surface area contributed by atoms with Gasteiger partial charge in [-0.15, -0.1) is 0 Å². The highest BCUT2D eigenvalue weighted by molar-refractivity contribution is 7.90. The SMILES string of the molecule is Cc1ccc(-n2nc3c(c2NC(=O)COc2ccc(C(C)C)cc2)CS(=O)(=O)C3)c(C)c1. The summed E-state index contributed by atoms with van der Waals surface area (Å²) in [6.07, 6.45) is 0. The lowest BCUT2D eigenvalue weighted by molar-refractivity contribution is -0.118. The number of carbonyl (C=O) groups excluding carboxylic acids is 1. The summed E-state index contributed by atoms with van der Waals surface area (Å²) >= 11 is 0. The van der Waals surface area contributed by atoms with Crippen molar-refractivity contribution in [3.63, 3.8) is 0 Å². The number of sulfone groups is 1. The van der Waals surface area contributed by atoms with Crippen LogP contribution in [0.4, 0.5) is 5.82 Å². The Kier molecular flexibility index (Phi) is 5.81. The minimum absolute atomic E-state index is 0.123.